The molecule has 0 aromatic heterocycles. The molecule has 0 aliphatic heterocycles. The van der Waals surface area contributed by atoms with Crippen LogP contribution in [0.5, 0.6) is 0 Å². The van der Waals surface area contributed by atoms with Crippen molar-refractivity contribution >= 4 is 19.8 Å². The van der Waals surface area contributed by atoms with Crippen LogP contribution in [0, 0.1) is 0 Å². The van der Waals surface area contributed by atoms with E-state index in [4.69, 9.17) is 24.3 Å². The van der Waals surface area contributed by atoms with Crippen LogP contribution in [-0.2, 0) is 32.7 Å². The van der Waals surface area contributed by atoms with Crippen molar-refractivity contribution in [1.82, 2.24) is 0 Å². The molecule has 2 unspecified atom stereocenters. The molecular weight excluding hydrogens is 778 g/mol. The highest BCUT2D eigenvalue weighted by Crippen LogP contribution is 2.43. The van der Waals surface area contributed by atoms with E-state index in [0.29, 0.717) is 19.3 Å². The second-order valence-electron chi connectivity index (χ2n) is 15.8. The summed E-state index contributed by atoms with van der Waals surface area (Å²) in [5.41, 5.74) is 5.35. The Bertz CT molecular complexity index is 1190. The van der Waals surface area contributed by atoms with Crippen molar-refractivity contribution in [2.24, 2.45) is 5.73 Å². The van der Waals surface area contributed by atoms with E-state index in [2.05, 4.69) is 19.1 Å². The minimum Gasteiger partial charge on any atom is -0.462 e. The normalized spacial score (nSPS) is 14.3. The van der Waals surface area contributed by atoms with Gasteiger partial charge in [0.1, 0.15) is 6.61 Å². The van der Waals surface area contributed by atoms with Crippen LogP contribution in [0.1, 0.15) is 200 Å². The minimum absolute atomic E-state index is 0.0359. The third-order valence-electron chi connectivity index (χ3n) is 9.99. The predicted molar refractivity (Wildman–Crippen MR) is 249 cm³/mol. The third kappa shape index (κ3) is 43.7. The van der Waals surface area contributed by atoms with Crippen LogP contribution in [0.4, 0.5) is 0 Å². The fourth-order valence-corrected chi connectivity index (χ4v) is 7.22. The maximum atomic E-state index is 12.6. The lowest BCUT2D eigenvalue weighted by Crippen LogP contribution is -2.29. The summed E-state index contributed by atoms with van der Waals surface area (Å²) in [6.45, 7) is 3.43. The first-order valence-electron chi connectivity index (χ1n) is 23.9. The molecule has 10 nitrogen and oxygen atoms in total. The fraction of sp³-hybridized carbons (Fsp3) is 0.755. The van der Waals surface area contributed by atoms with E-state index < -0.39 is 38.6 Å². The summed E-state index contributed by atoms with van der Waals surface area (Å²) in [6, 6.07) is 0. The van der Waals surface area contributed by atoms with Gasteiger partial charge in [0.05, 0.1) is 19.3 Å². The van der Waals surface area contributed by atoms with Gasteiger partial charge in [-0.15, -0.1) is 0 Å². The number of carbonyl (C=O) groups is 2. The second kappa shape index (κ2) is 44.7. The lowest BCUT2D eigenvalue weighted by molar-refractivity contribution is -0.161. The Morgan fingerprint density at radius 2 is 1.10 bits per heavy atom. The molecule has 0 fully saturated rings. The molecule has 0 aliphatic rings. The average Bonchev–Trinajstić information content (AvgIpc) is 3.23. The Labute approximate surface area is 366 Å². The molecule has 0 aliphatic carbocycles. The van der Waals surface area contributed by atoms with Crippen molar-refractivity contribution in [3.05, 3.63) is 60.8 Å². The average molecular weight is 866 g/mol. The van der Waals surface area contributed by atoms with E-state index >= 15 is 0 Å². The number of aliphatic hydroxyl groups is 1. The van der Waals surface area contributed by atoms with Gasteiger partial charge >= 0.3 is 19.8 Å². The lowest BCUT2D eigenvalue weighted by atomic mass is 10.0. The topological polar surface area (TPSA) is 155 Å². The van der Waals surface area contributed by atoms with Gasteiger partial charge in [0, 0.05) is 19.4 Å². The number of hydrogen-bond acceptors (Lipinski definition) is 9. The molecule has 0 aromatic carbocycles. The van der Waals surface area contributed by atoms with Crippen LogP contribution in [0.15, 0.2) is 60.8 Å². The van der Waals surface area contributed by atoms with Gasteiger partial charge < -0.3 is 25.2 Å². The van der Waals surface area contributed by atoms with Crippen molar-refractivity contribution in [2.45, 2.75) is 212 Å². The molecule has 0 radical (unpaired) electrons. The van der Waals surface area contributed by atoms with Crippen molar-refractivity contribution < 1.29 is 42.7 Å². The summed E-state index contributed by atoms with van der Waals surface area (Å²) in [6.07, 6.45) is 50.4. The maximum absolute atomic E-state index is 12.6. The summed E-state index contributed by atoms with van der Waals surface area (Å²) >= 11 is 0. The van der Waals surface area contributed by atoms with Crippen molar-refractivity contribution in [2.75, 3.05) is 26.4 Å². The molecule has 0 saturated carbocycles. The fourth-order valence-electron chi connectivity index (χ4n) is 6.46. The van der Waals surface area contributed by atoms with Crippen molar-refractivity contribution in [3.63, 3.8) is 0 Å². The number of phosphoric acid groups is 1. The zero-order valence-electron chi connectivity index (χ0n) is 38.0. The molecule has 0 amide bonds. The molecule has 60 heavy (non-hydrogen) atoms. The van der Waals surface area contributed by atoms with Crippen LogP contribution in [0.25, 0.3) is 0 Å². The van der Waals surface area contributed by atoms with Gasteiger partial charge in [0.25, 0.3) is 0 Å². The van der Waals surface area contributed by atoms with Gasteiger partial charge in [-0.25, -0.2) is 4.57 Å². The number of carbonyl (C=O) groups excluding carboxylic acids is 2. The first kappa shape index (κ1) is 57.7. The molecule has 348 valence electrons. The molecule has 0 saturated heterocycles. The van der Waals surface area contributed by atoms with Crippen LogP contribution in [0.3, 0.4) is 0 Å². The largest absolute Gasteiger partial charge is 0.472 e. The standard InChI is InChI=1S/C49H88NO9P/c1-3-5-7-8-9-10-11-12-13-14-15-16-17-18-19-20-24-27-30-33-36-40-48(52)56-44-47(45-58-60(54,55)57-43-42-50)59-49(53)41-37-34-31-28-25-22-21-23-26-29-32-35-39-46(51)38-6-4-2/h6,21-22,26,28-29,31-32,35,38,46-47,51H,3-5,7-20,23-25,27,30,33-34,36-37,39-45,50H2,1-2H3,(H,54,55)/b22-21-,29-26-,31-28-,35-32+,38-6-/t46?,47-/m1/s1. The highest BCUT2D eigenvalue weighted by Gasteiger charge is 2.26. The maximum Gasteiger partial charge on any atom is 0.472 e. The second-order valence-corrected chi connectivity index (χ2v) is 17.3. The number of esters is 2. The quantitative estimate of drug-likeness (QED) is 0.0177. The molecular formula is C49H88NO9P. The number of unbranched alkanes of at least 4 members (excludes halogenated alkanes) is 21. The predicted octanol–water partition coefficient (Wildman–Crippen LogP) is 13.0. The van der Waals surface area contributed by atoms with E-state index in [0.717, 1.165) is 38.5 Å². The number of phosphoric ester groups is 1. The van der Waals surface area contributed by atoms with Gasteiger partial charge in [0.2, 0.25) is 0 Å². The Morgan fingerprint density at radius 1 is 0.600 bits per heavy atom. The van der Waals surface area contributed by atoms with Crippen molar-refractivity contribution in [1.29, 1.82) is 0 Å². The van der Waals surface area contributed by atoms with Gasteiger partial charge in [-0.05, 0) is 44.9 Å². The van der Waals surface area contributed by atoms with Gasteiger partial charge in [-0.2, -0.15) is 0 Å². The van der Waals surface area contributed by atoms with Crippen LogP contribution in [-0.4, -0.2) is 60.5 Å². The zero-order valence-corrected chi connectivity index (χ0v) is 38.9. The molecule has 4 N–H and O–H groups in total. The Kier molecular flexibility index (Phi) is 43.0. The Morgan fingerprint density at radius 3 is 1.65 bits per heavy atom. The highest BCUT2D eigenvalue weighted by molar-refractivity contribution is 7.47. The molecule has 0 heterocycles. The molecule has 0 bridgehead atoms. The summed E-state index contributed by atoms with van der Waals surface area (Å²) in [7, 11) is -4.41. The SMILES string of the molecule is CC/C=C\C(O)C/C=C/C=C\C/C=C\C/C=C\CCCC(=O)O[C@H](COC(=O)CCCCCCCCCCCCCCCCCCCCCCC)COP(=O)(O)OCCN. The van der Waals surface area contributed by atoms with Gasteiger partial charge in [0.15, 0.2) is 6.10 Å². The summed E-state index contributed by atoms with van der Waals surface area (Å²) in [4.78, 5) is 34.9. The zero-order chi connectivity index (χ0) is 44.0. The Hall–Kier alpha value is -2.33. The molecule has 0 spiro atoms. The third-order valence-corrected chi connectivity index (χ3v) is 11.0. The first-order chi connectivity index (χ1) is 29.2. The minimum atomic E-state index is -4.41. The van der Waals surface area contributed by atoms with Crippen LogP contribution < -0.4 is 5.73 Å². The summed E-state index contributed by atoms with van der Waals surface area (Å²) in [5, 5.41) is 9.77. The number of rotatable bonds is 44. The smallest absolute Gasteiger partial charge is 0.462 e. The van der Waals surface area contributed by atoms with E-state index in [-0.39, 0.29) is 32.6 Å². The molecule has 0 rings (SSSR count). The van der Waals surface area contributed by atoms with E-state index in [9.17, 15) is 24.2 Å². The number of hydrogen-bond donors (Lipinski definition) is 3. The first-order valence-corrected chi connectivity index (χ1v) is 25.4. The molecule has 3 atom stereocenters. The van der Waals surface area contributed by atoms with E-state index in [1.165, 1.54) is 116 Å². The molecule has 11 heteroatoms. The lowest BCUT2D eigenvalue weighted by Gasteiger charge is -2.19. The van der Waals surface area contributed by atoms with Crippen LogP contribution >= 0.6 is 7.82 Å². The van der Waals surface area contributed by atoms with Crippen molar-refractivity contribution in [3.8, 4) is 0 Å². The Balaban J connectivity index is 4.17. The van der Waals surface area contributed by atoms with Gasteiger partial charge in [-0.3, -0.25) is 18.6 Å². The molecule has 0 aromatic rings. The van der Waals surface area contributed by atoms with E-state index in [1.807, 2.05) is 55.5 Å². The summed E-state index contributed by atoms with van der Waals surface area (Å²) in [5.74, 6) is -0.917. The number of ether oxygens (including phenoxy) is 2. The number of allylic oxidation sites excluding steroid dienone is 8. The van der Waals surface area contributed by atoms with E-state index in [1.54, 1.807) is 0 Å². The number of nitrogens with two attached hydrogens (primary N) is 1. The number of aliphatic hydroxyl groups excluding tert-OH is 1. The highest BCUT2D eigenvalue weighted by atomic mass is 31.2. The summed E-state index contributed by atoms with van der Waals surface area (Å²) < 4.78 is 32.8. The van der Waals surface area contributed by atoms with Crippen LogP contribution in [0.2, 0.25) is 0 Å². The van der Waals surface area contributed by atoms with Gasteiger partial charge in [-0.1, -0.05) is 203 Å². The monoisotopic (exact) mass is 866 g/mol.